The summed E-state index contributed by atoms with van der Waals surface area (Å²) in [6.45, 7) is 5.80. The van der Waals surface area contributed by atoms with E-state index in [4.69, 9.17) is 9.84 Å². The summed E-state index contributed by atoms with van der Waals surface area (Å²) in [7, 11) is 1.68. The molecule has 282 valence electrons. The molecule has 0 bridgehead atoms. The molecule has 1 fully saturated rings. The number of rotatable bonds is 11. The van der Waals surface area contributed by atoms with E-state index in [1.165, 1.54) is 6.07 Å². The highest BCUT2D eigenvalue weighted by molar-refractivity contribution is 6.02. The first kappa shape index (κ1) is 37.0. The number of carbonyl (C=O) groups is 1. The van der Waals surface area contributed by atoms with Gasteiger partial charge in [-0.15, -0.1) is 0 Å². The molecule has 1 saturated heterocycles. The average Bonchev–Trinajstić information content (AvgIpc) is 3.60. The van der Waals surface area contributed by atoms with Crippen molar-refractivity contribution in [2.24, 2.45) is 5.41 Å². The Labute approximate surface area is 327 Å². The van der Waals surface area contributed by atoms with Gasteiger partial charge in [0.25, 0.3) is 5.91 Å². The van der Waals surface area contributed by atoms with Crippen molar-refractivity contribution in [2.45, 2.75) is 38.6 Å². The third kappa shape index (κ3) is 6.91. The van der Waals surface area contributed by atoms with Crippen LogP contribution in [0.1, 0.15) is 56.7 Å². The lowest BCUT2D eigenvalue weighted by Gasteiger charge is -2.42. The number of ether oxygens (including phenoxy) is 1. The molecule has 2 aromatic heterocycles. The van der Waals surface area contributed by atoms with E-state index in [-0.39, 0.29) is 17.1 Å². The van der Waals surface area contributed by atoms with Gasteiger partial charge < -0.3 is 4.74 Å². The molecule has 5 aromatic carbocycles. The molecule has 7 aromatic rings. The number of carbonyl (C=O) groups excluding carboxylic acids is 1. The highest BCUT2D eigenvalue weighted by Crippen LogP contribution is 2.45. The van der Waals surface area contributed by atoms with Crippen LogP contribution in [0.25, 0.3) is 22.2 Å². The minimum absolute atomic E-state index is 0.216. The Balaban J connectivity index is 1.26. The highest BCUT2D eigenvalue weighted by atomic mass is 19.1. The first-order valence-corrected chi connectivity index (χ1v) is 19.2. The maximum atomic E-state index is 14.8. The van der Waals surface area contributed by atoms with Gasteiger partial charge in [-0.05, 0) is 97.3 Å². The molecule has 7 nitrogen and oxygen atoms in total. The lowest BCUT2D eigenvalue weighted by atomic mass is 9.75. The number of pyridine rings is 1. The van der Waals surface area contributed by atoms with Crippen LogP contribution in [0, 0.1) is 25.1 Å². The van der Waals surface area contributed by atoms with Crippen molar-refractivity contribution in [3.63, 3.8) is 0 Å². The topological polar surface area (TPSA) is 72.3 Å². The lowest BCUT2D eigenvalue weighted by molar-refractivity contribution is -0.00620. The highest BCUT2D eigenvalue weighted by Gasteiger charge is 2.42. The van der Waals surface area contributed by atoms with Crippen LogP contribution < -0.4 is 5.43 Å². The Hall–Kier alpha value is -5.96. The number of nitrogens with one attached hydrogen (secondary N) is 1. The number of aryl methyl sites for hydroxylation is 2. The summed E-state index contributed by atoms with van der Waals surface area (Å²) in [6.07, 6.45) is 4.03. The fourth-order valence-corrected chi connectivity index (χ4v) is 8.77. The predicted octanol–water partition coefficient (Wildman–Crippen LogP) is 9.31. The molecule has 1 amide bonds. The van der Waals surface area contributed by atoms with Crippen LogP contribution in [0.4, 0.5) is 4.39 Å². The summed E-state index contributed by atoms with van der Waals surface area (Å²) >= 11 is 0. The van der Waals surface area contributed by atoms with Crippen molar-refractivity contribution in [3.8, 4) is 11.3 Å². The van der Waals surface area contributed by atoms with Crippen molar-refractivity contribution < 1.29 is 13.9 Å². The second-order valence-corrected chi connectivity index (χ2v) is 15.1. The van der Waals surface area contributed by atoms with E-state index in [1.807, 2.05) is 66.5 Å². The number of nitrogens with zero attached hydrogens (tertiary/aromatic N) is 4. The summed E-state index contributed by atoms with van der Waals surface area (Å²) in [5.41, 5.74) is 10.9. The largest absolute Gasteiger partial charge is 0.384 e. The van der Waals surface area contributed by atoms with Gasteiger partial charge in [-0.1, -0.05) is 103 Å². The van der Waals surface area contributed by atoms with Crippen LogP contribution >= 0.6 is 0 Å². The van der Waals surface area contributed by atoms with Gasteiger partial charge in [-0.3, -0.25) is 15.2 Å². The molecule has 1 N–H and O–H groups in total. The van der Waals surface area contributed by atoms with Crippen molar-refractivity contribution in [2.75, 3.05) is 26.8 Å². The maximum absolute atomic E-state index is 14.8. The van der Waals surface area contributed by atoms with E-state index in [9.17, 15) is 9.18 Å². The maximum Gasteiger partial charge on any atom is 0.265 e. The minimum Gasteiger partial charge on any atom is -0.384 e. The van der Waals surface area contributed by atoms with Crippen LogP contribution in [0.3, 0.4) is 0 Å². The molecule has 0 spiro atoms. The average molecular weight is 744 g/mol. The zero-order valence-electron chi connectivity index (χ0n) is 32.1. The Morgan fingerprint density at radius 2 is 1.55 bits per heavy atom. The normalized spacial score (nSPS) is 16.2. The number of amides is 1. The van der Waals surface area contributed by atoms with E-state index < -0.39 is 5.54 Å². The van der Waals surface area contributed by atoms with E-state index in [1.54, 1.807) is 19.4 Å². The summed E-state index contributed by atoms with van der Waals surface area (Å²) < 4.78 is 22.7. The summed E-state index contributed by atoms with van der Waals surface area (Å²) in [5, 5.41) is 8.37. The Morgan fingerprint density at radius 1 is 0.857 bits per heavy atom. The number of hydrazine groups is 1. The van der Waals surface area contributed by atoms with Gasteiger partial charge in [0.05, 0.1) is 12.1 Å². The smallest absolute Gasteiger partial charge is 0.265 e. The fraction of sp³-hybridized carbons (Fsp3) is 0.229. The number of fused-ring (bicyclic) bond motifs is 1. The standard InChI is InChI=1S/C48H46FN5O2/c1-34-15-10-12-21-42(34)48(39-17-6-4-7-18-39,40-19-8-5-9-20-40)54-44-24-23-37(30-41(44)45(51-54)36-25-27-50-35(2)29-36)46(55)52-53-28-14-26-47(32-53,33-56-3)31-38-16-11-13-22-43(38)49/h4-13,15-25,27,29-30H,14,26,28,31-33H2,1-3H3,(H,52,55). The van der Waals surface area contributed by atoms with E-state index in [0.29, 0.717) is 37.2 Å². The van der Waals surface area contributed by atoms with Crippen LogP contribution in [-0.2, 0) is 16.7 Å². The summed E-state index contributed by atoms with van der Waals surface area (Å²) in [6, 6.07) is 46.3. The van der Waals surface area contributed by atoms with Gasteiger partial charge in [0, 0.05) is 54.0 Å². The molecule has 1 aliphatic heterocycles. The quantitative estimate of drug-likeness (QED) is 0.134. The van der Waals surface area contributed by atoms with E-state index in [0.717, 1.165) is 62.9 Å². The molecule has 8 heteroatoms. The van der Waals surface area contributed by atoms with Crippen LogP contribution in [0.15, 0.2) is 146 Å². The number of aromatic nitrogens is 3. The SMILES string of the molecule is COCC1(Cc2ccccc2F)CCCN(NC(=O)c2ccc3c(c2)c(-c2ccnc(C)c2)nn3C(c2ccccc2)(c2ccccc2)c2ccccc2C)C1. The zero-order valence-corrected chi connectivity index (χ0v) is 32.1. The molecule has 0 aliphatic carbocycles. The fourth-order valence-electron chi connectivity index (χ4n) is 8.77. The van der Waals surface area contributed by atoms with Gasteiger partial charge in [-0.25, -0.2) is 14.1 Å². The number of hydrogen-bond acceptors (Lipinski definition) is 5. The van der Waals surface area contributed by atoms with E-state index >= 15 is 0 Å². The van der Waals surface area contributed by atoms with Crippen molar-refractivity contribution in [1.82, 2.24) is 25.2 Å². The lowest BCUT2D eigenvalue weighted by Crippen LogP contribution is -2.53. The molecule has 8 rings (SSSR count). The van der Waals surface area contributed by atoms with E-state index in [2.05, 4.69) is 94.8 Å². The van der Waals surface area contributed by atoms with Crippen molar-refractivity contribution in [3.05, 3.63) is 191 Å². The molecular weight excluding hydrogens is 698 g/mol. The van der Waals surface area contributed by atoms with Gasteiger partial charge in [0.1, 0.15) is 17.1 Å². The van der Waals surface area contributed by atoms with Crippen LogP contribution in [0.2, 0.25) is 0 Å². The molecule has 56 heavy (non-hydrogen) atoms. The monoisotopic (exact) mass is 743 g/mol. The summed E-state index contributed by atoms with van der Waals surface area (Å²) in [4.78, 5) is 18.8. The van der Waals surface area contributed by atoms with Gasteiger partial charge >= 0.3 is 0 Å². The number of methoxy groups -OCH3 is 1. The Bertz CT molecular complexity index is 2440. The van der Waals surface area contributed by atoms with Crippen molar-refractivity contribution >= 4 is 16.8 Å². The molecular formula is C48H46FN5O2. The second kappa shape index (κ2) is 15.6. The first-order valence-electron chi connectivity index (χ1n) is 19.2. The van der Waals surface area contributed by atoms with Gasteiger partial charge in [0.2, 0.25) is 0 Å². The van der Waals surface area contributed by atoms with Gasteiger partial charge in [0.15, 0.2) is 0 Å². The third-order valence-corrected chi connectivity index (χ3v) is 11.2. The second-order valence-electron chi connectivity index (χ2n) is 15.1. The first-order chi connectivity index (χ1) is 27.3. The zero-order chi connectivity index (χ0) is 38.7. The number of hydrogen-bond donors (Lipinski definition) is 1. The molecule has 3 heterocycles. The number of piperidine rings is 1. The van der Waals surface area contributed by atoms with Crippen LogP contribution in [0.5, 0.6) is 0 Å². The molecule has 0 saturated carbocycles. The Morgan fingerprint density at radius 3 is 2.25 bits per heavy atom. The summed E-state index contributed by atoms with van der Waals surface area (Å²) in [5.74, 6) is -0.434. The van der Waals surface area contributed by atoms with Crippen molar-refractivity contribution in [1.29, 1.82) is 0 Å². The predicted molar refractivity (Wildman–Crippen MR) is 220 cm³/mol. The molecule has 1 unspecified atom stereocenters. The van der Waals surface area contributed by atoms with Crippen LogP contribution in [-0.4, -0.2) is 52.5 Å². The minimum atomic E-state index is -0.868. The molecule has 0 radical (unpaired) electrons. The third-order valence-electron chi connectivity index (χ3n) is 11.2. The Kier molecular flexibility index (Phi) is 10.3. The van der Waals surface area contributed by atoms with Gasteiger partial charge in [-0.2, -0.15) is 5.10 Å². The molecule has 1 atom stereocenters. The molecule has 1 aliphatic rings. The number of benzene rings is 5. The number of halogens is 1.